The highest BCUT2D eigenvalue weighted by Crippen LogP contribution is 2.29. The van der Waals surface area contributed by atoms with E-state index in [2.05, 4.69) is 45.5 Å². The minimum Gasteiger partial charge on any atom is -0.383 e. The summed E-state index contributed by atoms with van der Waals surface area (Å²) in [5, 5.41) is 3.50. The Balaban J connectivity index is 1.67. The number of hydrogen-bond acceptors (Lipinski definition) is 3. The SMILES string of the molecule is c1ccc2c(c1)NCCCN2Cc1nc2ccccc2[nH]1. The highest BCUT2D eigenvalue weighted by molar-refractivity contribution is 5.75. The van der Waals surface area contributed by atoms with Gasteiger partial charge in [0.05, 0.1) is 29.0 Å². The minimum atomic E-state index is 0.813. The van der Waals surface area contributed by atoms with Crippen molar-refractivity contribution in [2.75, 3.05) is 23.3 Å². The molecular formula is C17H18N4. The van der Waals surface area contributed by atoms with E-state index in [1.807, 2.05) is 18.2 Å². The van der Waals surface area contributed by atoms with Crippen LogP contribution in [-0.2, 0) is 6.54 Å². The Labute approximate surface area is 123 Å². The van der Waals surface area contributed by atoms with Crippen molar-refractivity contribution in [1.29, 1.82) is 0 Å². The zero-order valence-electron chi connectivity index (χ0n) is 11.8. The molecule has 0 saturated carbocycles. The smallest absolute Gasteiger partial charge is 0.126 e. The van der Waals surface area contributed by atoms with Crippen molar-refractivity contribution in [3.05, 3.63) is 54.4 Å². The first-order chi connectivity index (χ1) is 10.4. The van der Waals surface area contributed by atoms with E-state index in [4.69, 9.17) is 4.98 Å². The molecule has 0 atom stereocenters. The summed E-state index contributed by atoms with van der Waals surface area (Å²) in [4.78, 5) is 10.5. The molecule has 0 bridgehead atoms. The Morgan fingerprint density at radius 1 is 1.05 bits per heavy atom. The molecule has 21 heavy (non-hydrogen) atoms. The van der Waals surface area contributed by atoms with Gasteiger partial charge >= 0.3 is 0 Å². The van der Waals surface area contributed by atoms with Crippen molar-refractivity contribution in [3.63, 3.8) is 0 Å². The van der Waals surface area contributed by atoms with E-state index in [1.54, 1.807) is 0 Å². The van der Waals surface area contributed by atoms with E-state index in [0.717, 1.165) is 42.9 Å². The number of para-hydroxylation sites is 4. The predicted octanol–water partition coefficient (Wildman–Crippen LogP) is 3.39. The molecule has 2 N–H and O–H groups in total. The van der Waals surface area contributed by atoms with Gasteiger partial charge in [-0.1, -0.05) is 24.3 Å². The van der Waals surface area contributed by atoms with Gasteiger partial charge < -0.3 is 15.2 Å². The lowest BCUT2D eigenvalue weighted by molar-refractivity contribution is 0.743. The molecule has 106 valence electrons. The molecule has 0 amide bonds. The van der Waals surface area contributed by atoms with Crippen LogP contribution in [0.3, 0.4) is 0 Å². The molecule has 0 fully saturated rings. The number of anilines is 2. The number of hydrogen-bond donors (Lipinski definition) is 2. The first kappa shape index (κ1) is 12.3. The van der Waals surface area contributed by atoms with Crippen LogP contribution in [0.1, 0.15) is 12.2 Å². The van der Waals surface area contributed by atoms with Gasteiger partial charge in [-0.05, 0) is 30.7 Å². The van der Waals surface area contributed by atoms with Gasteiger partial charge in [-0.25, -0.2) is 4.98 Å². The lowest BCUT2D eigenvalue weighted by atomic mass is 10.2. The zero-order valence-corrected chi connectivity index (χ0v) is 11.8. The monoisotopic (exact) mass is 278 g/mol. The highest BCUT2D eigenvalue weighted by atomic mass is 15.2. The Morgan fingerprint density at radius 2 is 1.90 bits per heavy atom. The summed E-state index contributed by atoms with van der Waals surface area (Å²) in [6.45, 7) is 2.88. The van der Waals surface area contributed by atoms with Crippen LogP contribution in [0.15, 0.2) is 48.5 Å². The summed E-state index contributed by atoms with van der Waals surface area (Å²) in [5.41, 5.74) is 4.61. The van der Waals surface area contributed by atoms with E-state index in [-0.39, 0.29) is 0 Å². The second-order valence-electron chi connectivity index (χ2n) is 5.42. The standard InChI is InChI=1S/C17H18N4/c1-2-7-14-13(6-1)19-17(20-14)12-21-11-5-10-18-15-8-3-4-9-16(15)21/h1-4,6-9,18H,5,10-12H2,(H,19,20). The fourth-order valence-corrected chi connectivity index (χ4v) is 2.94. The maximum Gasteiger partial charge on any atom is 0.126 e. The molecule has 4 nitrogen and oxygen atoms in total. The van der Waals surface area contributed by atoms with Gasteiger partial charge in [0.15, 0.2) is 0 Å². The molecule has 1 aromatic heterocycles. The summed E-state index contributed by atoms with van der Waals surface area (Å²) in [6.07, 6.45) is 1.13. The molecule has 1 aliphatic heterocycles. The van der Waals surface area contributed by atoms with E-state index in [9.17, 15) is 0 Å². The van der Waals surface area contributed by atoms with Crippen LogP contribution in [0, 0.1) is 0 Å². The fraction of sp³-hybridized carbons (Fsp3) is 0.235. The number of nitrogens with zero attached hydrogens (tertiary/aromatic N) is 2. The molecule has 0 saturated heterocycles. The number of fused-ring (bicyclic) bond motifs is 2. The second kappa shape index (κ2) is 5.13. The third-order valence-corrected chi connectivity index (χ3v) is 3.94. The van der Waals surface area contributed by atoms with Gasteiger partial charge in [-0.15, -0.1) is 0 Å². The molecule has 0 unspecified atom stereocenters. The largest absolute Gasteiger partial charge is 0.383 e. The number of nitrogens with one attached hydrogen (secondary N) is 2. The number of aromatic amines is 1. The molecule has 0 radical (unpaired) electrons. The van der Waals surface area contributed by atoms with Crippen molar-refractivity contribution in [3.8, 4) is 0 Å². The lowest BCUT2D eigenvalue weighted by Gasteiger charge is -2.23. The highest BCUT2D eigenvalue weighted by Gasteiger charge is 2.16. The number of benzene rings is 2. The third-order valence-electron chi connectivity index (χ3n) is 3.94. The molecule has 0 aliphatic carbocycles. The maximum absolute atomic E-state index is 4.69. The van der Waals surface area contributed by atoms with Crippen molar-refractivity contribution in [1.82, 2.24) is 9.97 Å². The molecule has 4 heteroatoms. The van der Waals surface area contributed by atoms with Crippen molar-refractivity contribution in [2.24, 2.45) is 0 Å². The van der Waals surface area contributed by atoms with Gasteiger partial charge in [0.25, 0.3) is 0 Å². The summed E-state index contributed by atoms with van der Waals surface area (Å²) in [5.74, 6) is 1.02. The van der Waals surface area contributed by atoms with Crippen LogP contribution < -0.4 is 10.2 Å². The van der Waals surface area contributed by atoms with Crippen LogP contribution in [0.2, 0.25) is 0 Å². The summed E-state index contributed by atoms with van der Waals surface area (Å²) in [7, 11) is 0. The van der Waals surface area contributed by atoms with Crippen molar-refractivity contribution < 1.29 is 0 Å². The molecular weight excluding hydrogens is 260 g/mol. The van der Waals surface area contributed by atoms with Crippen molar-refractivity contribution in [2.45, 2.75) is 13.0 Å². The minimum absolute atomic E-state index is 0.813. The normalized spacial score (nSPS) is 14.6. The van der Waals surface area contributed by atoms with E-state index in [0.29, 0.717) is 0 Å². The van der Waals surface area contributed by atoms with E-state index >= 15 is 0 Å². The van der Waals surface area contributed by atoms with Gasteiger partial charge in [0, 0.05) is 13.1 Å². The first-order valence-corrected chi connectivity index (χ1v) is 7.42. The summed E-state index contributed by atoms with van der Waals surface area (Å²) < 4.78 is 0. The van der Waals surface area contributed by atoms with Crippen molar-refractivity contribution >= 4 is 22.4 Å². The summed E-state index contributed by atoms with van der Waals surface area (Å²) in [6, 6.07) is 16.7. The molecule has 2 heterocycles. The number of imidazole rings is 1. The maximum atomic E-state index is 4.69. The Hall–Kier alpha value is -2.49. The third kappa shape index (κ3) is 2.33. The Morgan fingerprint density at radius 3 is 2.86 bits per heavy atom. The van der Waals surface area contributed by atoms with Gasteiger partial charge in [-0.3, -0.25) is 0 Å². The predicted molar refractivity (Wildman–Crippen MR) is 86.7 cm³/mol. The first-order valence-electron chi connectivity index (χ1n) is 7.42. The summed E-state index contributed by atoms with van der Waals surface area (Å²) >= 11 is 0. The van der Waals surface area contributed by atoms with Crippen LogP contribution >= 0.6 is 0 Å². The zero-order chi connectivity index (χ0) is 14.1. The molecule has 3 aromatic rings. The number of H-pyrrole nitrogens is 1. The fourth-order valence-electron chi connectivity index (χ4n) is 2.94. The van der Waals surface area contributed by atoms with E-state index in [1.165, 1.54) is 11.4 Å². The van der Waals surface area contributed by atoms with E-state index < -0.39 is 0 Å². The number of aromatic nitrogens is 2. The van der Waals surface area contributed by atoms with Gasteiger partial charge in [-0.2, -0.15) is 0 Å². The topological polar surface area (TPSA) is 44.0 Å². The molecule has 0 spiro atoms. The molecule has 2 aromatic carbocycles. The van der Waals surface area contributed by atoms with Crippen LogP contribution in [0.4, 0.5) is 11.4 Å². The number of rotatable bonds is 2. The van der Waals surface area contributed by atoms with Gasteiger partial charge in [0.1, 0.15) is 5.82 Å². The average Bonchev–Trinajstić information content (AvgIpc) is 2.82. The lowest BCUT2D eigenvalue weighted by Crippen LogP contribution is -2.23. The van der Waals surface area contributed by atoms with Gasteiger partial charge in [0.2, 0.25) is 0 Å². The Kier molecular flexibility index (Phi) is 2.99. The van der Waals surface area contributed by atoms with Crippen LogP contribution in [0.25, 0.3) is 11.0 Å². The quantitative estimate of drug-likeness (QED) is 0.755. The molecule has 4 rings (SSSR count). The second-order valence-corrected chi connectivity index (χ2v) is 5.42. The molecule has 1 aliphatic rings. The Bertz CT molecular complexity index is 729. The van der Waals surface area contributed by atoms with Crippen LogP contribution in [-0.4, -0.2) is 23.1 Å². The average molecular weight is 278 g/mol. The van der Waals surface area contributed by atoms with Crippen LogP contribution in [0.5, 0.6) is 0 Å².